The van der Waals surface area contributed by atoms with Gasteiger partial charge in [0.05, 0.1) is 37.5 Å². The van der Waals surface area contributed by atoms with Gasteiger partial charge in [-0.1, -0.05) is 51.4 Å². The molecule has 2 aromatic carbocycles. The van der Waals surface area contributed by atoms with Crippen molar-refractivity contribution in [2.75, 3.05) is 20.8 Å². The molecule has 0 saturated carbocycles. The first-order valence-electron chi connectivity index (χ1n) is 14.1. The Bertz CT molecular complexity index is 1300. The molecule has 0 aromatic heterocycles. The van der Waals surface area contributed by atoms with Crippen LogP contribution in [0.2, 0.25) is 23.2 Å². The van der Waals surface area contributed by atoms with Crippen LogP contribution in [0.15, 0.2) is 40.9 Å². The minimum atomic E-state index is -2.41. The molecule has 1 atom stereocenters. The number of hydrogen-bond donors (Lipinski definition) is 2. The van der Waals surface area contributed by atoms with Crippen LogP contribution in [0, 0.1) is 11.7 Å². The largest absolute Gasteiger partial charge is 0.506 e. The highest BCUT2D eigenvalue weighted by Gasteiger charge is 2.38. The van der Waals surface area contributed by atoms with Gasteiger partial charge in [0.15, 0.2) is 8.32 Å². The number of halogens is 2. The third kappa shape index (κ3) is 8.81. The minimum absolute atomic E-state index is 0.00301. The molecule has 0 bridgehead atoms. The lowest BCUT2D eigenvalue weighted by Gasteiger charge is -2.36. The highest BCUT2D eigenvalue weighted by Crippen LogP contribution is 2.41. The highest BCUT2D eigenvalue weighted by molar-refractivity contribution is 6.72. The second kappa shape index (κ2) is 15.0. The summed E-state index contributed by atoms with van der Waals surface area (Å²) in [5.74, 6) is -0.894. The van der Waals surface area contributed by atoms with Gasteiger partial charge in [0, 0.05) is 18.7 Å². The van der Waals surface area contributed by atoms with E-state index >= 15 is 0 Å². The molecule has 42 heavy (non-hydrogen) atoms. The maximum absolute atomic E-state index is 14.7. The zero-order valence-electron chi connectivity index (χ0n) is 26.2. The van der Waals surface area contributed by atoms with Crippen molar-refractivity contribution in [2.45, 2.75) is 78.1 Å². The van der Waals surface area contributed by atoms with Gasteiger partial charge in [-0.25, -0.2) is 9.18 Å². The monoisotopic (exact) mass is 621 g/mol. The lowest BCUT2D eigenvalue weighted by Crippen LogP contribution is -2.39. The summed E-state index contributed by atoms with van der Waals surface area (Å²) >= 11 is 5.99. The van der Waals surface area contributed by atoms with E-state index in [9.17, 15) is 19.1 Å². The van der Waals surface area contributed by atoms with Crippen molar-refractivity contribution < 1.29 is 33.3 Å². The number of benzene rings is 2. The van der Waals surface area contributed by atoms with Gasteiger partial charge in [0.25, 0.3) is 0 Å². The highest BCUT2D eigenvalue weighted by atomic mass is 35.5. The molecule has 10 heteroatoms. The first-order chi connectivity index (χ1) is 19.6. The van der Waals surface area contributed by atoms with E-state index in [2.05, 4.69) is 13.8 Å². The average Bonchev–Trinajstić information content (AvgIpc) is 2.91. The maximum Gasteiger partial charge on any atom is 0.343 e. The Morgan fingerprint density at radius 2 is 1.79 bits per heavy atom. The van der Waals surface area contributed by atoms with E-state index in [0.29, 0.717) is 23.3 Å². The summed E-state index contributed by atoms with van der Waals surface area (Å²) in [6.45, 7) is 13.8. The lowest BCUT2D eigenvalue weighted by molar-refractivity contribution is -0.137. The number of rotatable bonds is 14. The van der Waals surface area contributed by atoms with Crippen LogP contribution in [-0.2, 0) is 16.0 Å². The molecule has 0 fully saturated rings. The number of aliphatic hydroxyl groups is 1. The minimum Gasteiger partial charge on any atom is -0.506 e. The van der Waals surface area contributed by atoms with E-state index in [1.165, 1.54) is 26.5 Å². The molecule has 0 saturated heterocycles. The number of carbonyl (C=O) groups excluding carboxylic acids is 1. The van der Waals surface area contributed by atoms with Gasteiger partial charge in [0.1, 0.15) is 28.6 Å². The van der Waals surface area contributed by atoms with Gasteiger partial charge in [-0.05, 0) is 67.1 Å². The van der Waals surface area contributed by atoms with E-state index in [0.717, 1.165) is 6.42 Å². The Morgan fingerprint density at radius 1 is 1.14 bits per heavy atom. The second-order valence-corrected chi connectivity index (χ2v) is 16.7. The smallest absolute Gasteiger partial charge is 0.343 e. The Hall–Kier alpha value is -2.88. The first kappa shape index (κ1) is 35.3. The number of esters is 1. The fourth-order valence-corrected chi connectivity index (χ4v) is 5.26. The zero-order chi connectivity index (χ0) is 31.8. The number of nitrogens with zero attached hydrogens (tertiary/aromatic N) is 1. The van der Waals surface area contributed by atoms with Crippen molar-refractivity contribution in [3.05, 3.63) is 63.4 Å². The maximum atomic E-state index is 14.7. The Kier molecular flexibility index (Phi) is 12.6. The normalized spacial score (nSPS) is 13.7. The van der Waals surface area contributed by atoms with Crippen LogP contribution in [0.5, 0.6) is 11.5 Å². The molecule has 2 aromatic rings. The molecule has 7 nitrogen and oxygen atoms in total. The lowest BCUT2D eigenvalue weighted by atomic mass is 9.95. The molecular formula is C32H45ClFNO6Si. The summed E-state index contributed by atoms with van der Waals surface area (Å²) in [7, 11) is 0.501. The molecule has 0 spiro atoms. The Labute approximate surface area is 255 Å². The Balaban J connectivity index is 2.63. The Morgan fingerprint density at radius 3 is 2.33 bits per heavy atom. The molecule has 0 aliphatic heterocycles. The second-order valence-electron chi connectivity index (χ2n) is 11.8. The summed E-state index contributed by atoms with van der Waals surface area (Å²) in [6, 6.07) is 7.73. The summed E-state index contributed by atoms with van der Waals surface area (Å²) in [5, 5.41) is 11.3. The number of aliphatic hydroxyl groups excluding tert-OH is 1. The number of ether oxygens (including phenoxy) is 3. The number of hydrogen-bond acceptors (Lipinski definition) is 7. The number of methoxy groups -OCH3 is 2. The molecule has 0 unspecified atom stereocenters. The third-order valence-corrected chi connectivity index (χ3v) is 11.8. The molecule has 0 heterocycles. The van der Waals surface area contributed by atoms with Crippen molar-refractivity contribution in [1.29, 1.82) is 0 Å². The molecule has 0 aliphatic carbocycles. The van der Waals surface area contributed by atoms with Gasteiger partial charge in [-0.15, -0.1) is 0 Å². The van der Waals surface area contributed by atoms with Crippen molar-refractivity contribution in [1.82, 2.24) is 0 Å². The fourth-order valence-electron chi connectivity index (χ4n) is 4.31. The third-order valence-electron chi connectivity index (χ3n) is 7.91. The van der Waals surface area contributed by atoms with Crippen molar-refractivity contribution >= 4 is 37.9 Å². The van der Waals surface area contributed by atoms with Gasteiger partial charge in [0.2, 0.25) is 0 Å². The summed E-state index contributed by atoms with van der Waals surface area (Å²) in [4.78, 5) is 28.5. The molecule has 0 radical (unpaired) electrons. The molecule has 232 valence electrons. The average molecular weight is 622 g/mol. The molecule has 2 rings (SSSR count). The van der Waals surface area contributed by atoms with Crippen molar-refractivity contribution in [3.8, 4) is 11.5 Å². The van der Waals surface area contributed by atoms with Crippen LogP contribution in [-0.4, -0.2) is 57.3 Å². The van der Waals surface area contributed by atoms with Crippen LogP contribution >= 0.6 is 11.6 Å². The number of aliphatic imine (C=N–C) groups is 1. The van der Waals surface area contributed by atoms with Crippen molar-refractivity contribution in [2.24, 2.45) is 10.9 Å². The molecule has 0 aliphatic rings. The summed E-state index contributed by atoms with van der Waals surface area (Å²) < 4.78 is 31.1. The topological polar surface area (TPSA) is 97.6 Å². The van der Waals surface area contributed by atoms with Crippen molar-refractivity contribution in [3.63, 3.8) is 0 Å². The zero-order valence-corrected chi connectivity index (χ0v) is 27.9. The van der Waals surface area contributed by atoms with Crippen LogP contribution in [0.1, 0.15) is 64.2 Å². The van der Waals surface area contributed by atoms with Gasteiger partial charge in [-0.3, -0.25) is 4.99 Å². The van der Waals surface area contributed by atoms with Gasteiger partial charge in [-0.2, -0.15) is 0 Å². The van der Waals surface area contributed by atoms with Crippen LogP contribution in [0.3, 0.4) is 0 Å². The molecular weight excluding hydrogens is 577 g/mol. The van der Waals surface area contributed by atoms with Crippen LogP contribution in [0.4, 0.5) is 4.39 Å². The molecule has 2 N–H and O–H groups in total. The van der Waals surface area contributed by atoms with E-state index in [1.807, 2.05) is 26.9 Å². The SMILES string of the molecule is CCOC(=O)C(C=N[C@H](CCC(C)(C)[Si](C)(C)O)C(C)C)=C(O)c1cc(Cc2cccc(Cl)c2F)c(OC)cc1OC. The van der Waals surface area contributed by atoms with E-state index in [1.54, 1.807) is 31.2 Å². The standard InChI is InChI=1S/C32H45ClFNO6Si/c1-10-41-31(37)24(19-35-26(20(2)3)14-15-32(4,5)42(8,9)38)30(36)23-17-22(27(39-6)18-28(23)40-7)16-21-12-11-13-25(33)29(21)34/h11-13,17-20,26,36,38H,10,14-16H2,1-9H3/t26-/m1/s1. The van der Waals surface area contributed by atoms with E-state index < -0.39 is 25.9 Å². The quantitative estimate of drug-likeness (QED) is 0.0735. The molecule has 0 amide bonds. The number of carbonyl (C=O) groups is 1. The van der Waals surface area contributed by atoms with E-state index in [4.69, 9.17) is 30.8 Å². The van der Waals surface area contributed by atoms with Crippen LogP contribution < -0.4 is 9.47 Å². The van der Waals surface area contributed by atoms with E-state index in [-0.39, 0.29) is 51.9 Å². The first-order valence-corrected chi connectivity index (χ1v) is 17.4. The summed E-state index contributed by atoms with van der Waals surface area (Å²) in [5.41, 5.74) is 0.936. The van der Waals surface area contributed by atoms with Gasteiger partial charge >= 0.3 is 5.97 Å². The predicted octanol–water partition coefficient (Wildman–Crippen LogP) is 7.77. The fraction of sp³-hybridized carbons (Fsp3) is 0.500. The van der Waals surface area contributed by atoms with Crippen LogP contribution in [0.25, 0.3) is 5.76 Å². The predicted molar refractivity (Wildman–Crippen MR) is 170 cm³/mol. The van der Waals surface area contributed by atoms with Gasteiger partial charge < -0.3 is 24.1 Å². The summed E-state index contributed by atoms with van der Waals surface area (Å²) in [6.07, 6.45) is 2.91.